The van der Waals surface area contributed by atoms with Crippen LogP contribution in [0.1, 0.15) is 76.3 Å². The first kappa shape index (κ1) is 22.3. The van der Waals surface area contributed by atoms with Crippen LogP contribution in [0.2, 0.25) is 0 Å². The summed E-state index contributed by atoms with van der Waals surface area (Å²) in [6.07, 6.45) is 16.0. The van der Waals surface area contributed by atoms with Crippen LogP contribution in [0, 0.1) is 0 Å². The van der Waals surface area contributed by atoms with E-state index in [-0.39, 0.29) is 0 Å². The lowest BCUT2D eigenvalue weighted by Gasteiger charge is -2.07. The maximum absolute atomic E-state index is 4.88. The summed E-state index contributed by atoms with van der Waals surface area (Å²) in [5, 5.41) is 0. The van der Waals surface area contributed by atoms with E-state index in [2.05, 4.69) is 60.2 Å². The molecule has 4 aromatic rings. The topological polar surface area (TPSA) is 51.6 Å². The fourth-order valence-corrected chi connectivity index (χ4v) is 4.18. The normalized spacial score (nSPS) is 11.4. The van der Waals surface area contributed by atoms with Crippen molar-refractivity contribution in [2.45, 2.75) is 78.1 Å². The standard InChI is InChI=1S/C28H34N4/c1-3-5-7-9-11-21-13-15-23-25(17-21)31-27(19-29-23)28-20-30-24-16-14-22(18-26(24)32-28)12-10-8-6-4-2/h13-20H,3-12H2,1-2H3. The van der Waals surface area contributed by atoms with Crippen LogP contribution in [0.3, 0.4) is 0 Å². The number of hydrogen-bond acceptors (Lipinski definition) is 4. The third-order valence-corrected chi connectivity index (χ3v) is 6.11. The molecule has 0 spiro atoms. The van der Waals surface area contributed by atoms with Crippen molar-refractivity contribution in [1.29, 1.82) is 0 Å². The molecule has 0 saturated carbocycles. The Morgan fingerprint density at radius 2 is 1.00 bits per heavy atom. The average molecular weight is 427 g/mol. The summed E-state index contributed by atoms with van der Waals surface area (Å²) >= 11 is 0. The van der Waals surface area contributed by atoms with Gasteiger partial charge in [-0.3, -0.25) is 9.97 Å². The molecule has 2 heterocycles. The van der Waals surface area contributed by atoms with Crippen molar-refractivity contribution in [1.82, 2.24) is 19.9 Å². The van der Waals surface area contributed by atoms with Gasteiger partial charge in [0.05, 0.1) is 34.5 Å². The van der Waals surface area contributed by atoms with E-state index in [1.165, 1.54) is 62.5 Å². The van der Waals surface area contributed by atoms with Crippen molar-refractivity contribution in [3.8, 4) is 11.4 Å². The number of hydrogen-bond donors (Lipinski definition) is 0. The molecule has 0 atom stereocenters. The smallest absolute Gasteiger partial charge is 0.109 e. The maximum Gasteiger partial charge on any atom is 0.109 e. The maximum atomic E-state index is 4.88. The highest BCUT2D eigenvalue weighted by Crippen LogP contribution is 2.22. The van der Waals surface area contributed by atoms with E-state index >= 15 is 0 Å². The molecule has 32 heavy (non-hydrogen) atoms. The quantitative estimate of drug-likeness (QED) is 0.233. The minimum atomic E-state index is 0.781. The van der Waals surface area contributed by atoms with Crippen molar-refractivity contribution >= 4 is 22.1 Å². The first-order valence-electron chi connectivity index (χ1n) is 12.3. The molecule has 0 unspecified atom stereocenters. The van der Waals surface area contributed by atoms with E-state index in [0.717, 1.165) is 46.3 Å². The Bertz CT molecular complexity index is 1080. The predicted molar refractivity (Wildman–Crippen MR) is 134 cm³/mol. The summed E-state index contributed by atoms with van der Waals surface area (Å²) in [7, 11) is 0. The number of nitrogens with zero attached hydrogens (tertiary/aromatic N) is 4. The summed E-state index contributed by atoms with van der Waals surface area (Å²) in [6, 6.07) is 12.9. The lowest BCUT2D eigenvalue weighted by atomic mass is 10.1. The fourth-order valence-electron chi connectivity index (χ4n) is 4.18. The lowest BCUT2D eigenvalue weighted by molar-refractivity contribution is 0.667. The highest BCUT2D eigenvalue weighted by Gasteiger charge is 2.08. The Balaban J connectivity index is 1.55. The van der Waals surface area contributed by atoms with Gasteiger partial charge >= 0.3 is 0 Å². The van der Waals surface area contributed by atoms with Crippen LogP contribution in [0.4, 0.5) is 0 Å². The minimum Gasteiger partial charge on any atom is -0.252 e. The van der Waals surface area contributed by atoms with Crippen LogP contribution >= 0.6 is 0 Å². The molecule has 0 fully saturated rings. The number of benzene rings is 2. The van der Waals surface area contributed by atoms with Gasteiger partial charge in [0.1, 0.15) is 11.4 Å². The van der Waals surface area contributed by atoms with Crippen molar-refractivity contribution < 1.29 is 0 Å². The third-order valence-electron chi connectivity index (χ3n) is 6.11. The Morgan fingerprint density at radius 3 is 1.44 bits per heavy atom. The van der Waals surface area contributed by atoms with Crippen LogP contribution in [0.5, 0.6) is 0 Å². The molecule has 4 rings (SSSR count). The van der Waals surface area contributed by atoms with Gasteiger partial charge in [0.15, 0.2) is 0 Å². The van der Waals surface area contributed by atoms with Gasteiger partial charge in [-0.2, -0.15) is 0 Å². The fraction of sp³-hybridized carbons (Fsp3) is 0.429. The largest absolute Gasteiger partial charge is 0.252 e. The highest BCUT2D eigenvalue weighted by atomic mass is 14.9. The third kappa shape index (κ3) is 5.67. The van der Waals surface area contributed by atoms with Crippen molar-refractivity contribution in [3.05, 3.63) is 59.9 Å². The molecule has 4 heteroatoms. The molecular weight excluding hydrogens is 392 g/mol. The summed E-state index contributed by atoms with van der Waals surface area (Å²) in [5.41, 5.74) is 7.94. The summed E-state index contributed by atoms with van der Waals surface area (Å²) in [6.45, 7) is 4.49. The van der Waals surface area contributed by atoms with E-state index < -0.39 is 0 Å². The van der Waals surface area contributed by atoms with Crippen LogP contribution in [-0.2, 0) is 12.8 Å². The van der Waals surface area contributed by atoms with Gasteiger partial charge in [-0.25, -0.2) is 9.97 Å². The summed E-state index contributed by atoms with van der Waals surface area (Å²) < 4.78 is 0. The van der Waals surface area contributed by atoms with Crippen LogP contribution < -0.4 is 0 Å². The van der Waals surface area contributed by atoms with Crippen molar-refractivity contribution in [3.63, 3.8) is 0 Å². The zero-order chi connectivity index (χ0) is 22.2. The zero-order valence-electron chi connectivity index (χ0n) is 19.5. The minimum absolute atomic E-state index is 0.781. The second kappa shape index (κ2) is 11.1. The van der Waals surface area contributed by atoms with E-state index in [0.29, 0.717) is 0 Å². The lowest BCUT2D eigenvalue weighted by Crippen LogP contribution is -1.95. The van der Waals surface area contributed by atoms with E-state index in [4.69, 9.17) is 9.97 Å². The number of aryl methyl sites for hydroxylation is 2. The molecule has 166 valence electrons. The van der Waals surface area contributed by atoms with E-state index in [9.17, 15) is 0 Å². The van der Waals surface area contributed by atoms with E-state index in [1.54, 1.807) is 0 Å². The van der Waals surface area contributed by atoms with Gasteiger partial charge in [-0.05, 0) is 61.1 Å². The molecule has 0 aliphatic rings. The van der Waals surface area contributed by atoms with Gasteiger partial charge in [0.2, 0.25) is 0 Å². The van der Waals surface area contributed by atoms with Crippen molar-refractivity contribution in [2.75, 3.05) is 0 Å². The molecule has 0 bridgehead atoms. The molecule has 0 amide bonds. The first-order valence-corrected chi connectivity index (χ1v) is 12.3. The Kier molecular flexibility index (Phi) is 7.76. The molecular formula is C28H34N4. The summed E-state index contributed by atoms with van der Waals surface area (Å²) in [5.74, 6) is 0. The number of rotatable bonds is 11. The molecule has 0 aliphatic heterocycles. The SMILES string of the molecule is CCCCCCc1ccc2ncc(-c3cnc4ccc(CCCCCC)cc4n3)nc2c1. The van der Waals surface area contributed by atoms with Crippen LogP contribution in [0.15, 0.2) is 48.8 Å². The number of aromatic nitrogens is 4. The van der Waals surface area contributed by atoms with Crippen LogP contribution in [-0.4, -0.2) is 19.9 Å². The Morgan fingerprint density at radius 1 is 0.531 bits per heavy atom. The van der Waals surface area contributed by atoms with Gasteiger partial charge < -0.3 is 0 Å². The molecule has 0 radical (unpaired) electrons. The highest BCUT2D eigenvalue weighted by molar-refractivity contribution is 5.80. The average Bonchev–Trinajstić information content (AvgIpc) is 2.83. The molecule has 2 aromatic carbocycles. The predicted octanol–water partition coefficient (Wildman–Crippen LogP) is 7.49. The van der Waals surface area contributed by atoms with Crippen LogP contribution in [0.25, 0.3) is 33.5 Å². The second-order valence-corrected chi connectivity index (χ2v) is 8.78. The van der Waals surface area contributed by atoms with Gasteiger partial charge in [0.25, 0.3) is 0 Å². The van der Waals surface area contributed by atoms with Gasteiger partial charge in [0, 0.05) is 0 Å². The molecule has 4 nitrogen and oxygen atoms in total. The monoisotopic (exact) mass is 426 g/mol. The Labute approximate surface area is 191 Å². The zero-order valence-corrected chi connectivity index (χ0v) is 19.5. The molecule has 0 aliphatic carbocycles. The molecule has 2 aromatic heterocycles. The van der Waals surface area contributed by atoms with Crippen molar-refractivity contribution in [2.24, 2.45) is 0 Å². The number of fused-ring (bicyclic) bond motifs is 2. The first-order chi connectivity index (χ1) is 15.8. The van der Waals surface area contributed by atoms with Gasteiger partial charge in [-0.15, -0.1) is 0 Å². The summed E-state index contributed by atoms with van der Waals surface area (Å²) in [4.78, 5) is 19.0. The second-order valence-electron chi connectivity index (χ2n) is 8.78. The molecule has 0 saturated heterocycles. The number of unbranched alkanes of at least 4 members (excludes halogenated alkanes) is 6. The van der Waals surface area contributed by atoms with Gasteiger partial charge in [-0.1, -0.05) is 64.5 Å². The van der Waals surface area contributed by atoms with E-state index in [1.807, 2.05) is 12.4 Å². The Hall–Kier alpha value is -2.88. The molecule has 0 N–H and O–H groups in total.